The molecule has 0 radical (unpaired) electrons. The molecule has 3 heteroatoms. The standard InChI is InChI=1S/C17H20ClNO/c18-15-4-3-5-16-14(15)7-11-19(16)12-13-6-10-17(20-13)8-1-2-9-17/h3-5,7,11,13H,1-2,6,8-10,12H2. The van der Waals surface area contributed by atoms with Crippen LogP contribution in [-0.2, 0) is 11.3 Å². The molecule has 2 nitrogen and oxygen atoms in total. The number of hydrogen-bond donors (Lipinski definition) is 0. The third-order valence-corrected chi connectivity index (χ3v) is 5.34. The molecule has 1 saturated heterocycles. The zero-order valence-corrected chi connectivity index (χ0v) is 12.4. The lowest BCUT2D eigenvalue weighted by atomic mass is 9.98. The molecule has 1 saturated carbocycles. The second kappa shape index (κ2) is 4.78. The third-order valence-electron chi connectivity index (χ3n) is 5.01. The third kappa shape index (κ3) is 2.06. The first kappa shape index (κ1) is 12.7. The van der Waals surface area contributed by atoms with E-state index < -0.39 is 0 Å². The van der Waals surface area contributed by atoms with Gasteiger partial charge in [0.2, 0.25) is 0 Å². The Labute approximate surface area is 124 Å². The van der Waals surface area contributed by atoms with Crippen molar-refractivity contribution in [2.75, 3.05) is 0 Å². The Morgan fingerprint density at radius 2 is 2.05 bits per heavy atom. The number of rotatable bonds is 2. The van der Waals surface area contributed by atoms with Crippen molar-refractivity contribution in [1.29, 1.82) is 0 Å². The van der Waals surface area contributed by atoms with E-state index in [4.69, 9.17) is 16.3 Å². The molecule has 1 aliphatic carbocycles. The number of fused-ring (bicyclic) bond motifs is 1. The van der Waals surface area contributed by atoms with Crippen LogP contribution >= 0.6 is 11.6 Å². The molecule has 20 heavy (non-hydrogen) atoms. The normalized spacial score (nSPS) is 24.9. The Morgan fingerprint density at radius 3 is 2.90 bits per heavy atom. The van der Waals surface area contributed by atoms with Gasteiger partial charge in [-0.15, -0.1) is 0 Å². The minimum absolute atomic E-state index is 0.227. The summed E-state index contributed by atoms with van der Waals surface area (Å²) in [6.45, 7) is 0.950. The maximum Gasteiger partial charge on any atom is 0.0762 e. The number of halogens is 1. The number of aromatic nitrogens is 1. The summed E-state index contributed by atoms with van der Waals surface area (Å²) < 4.78 is 8.70. The fourth-order valence-corrected chi connectivity index (χ4v) is 4.21. The van der Waals surface area contributed by atoms with Crippen molar-refractivity contribution in [2.24, 2.45) is 0 Å². The van der Waals surface area contributed by atoms with Gasteiger partial charge in [0.05, 0.1) is 11.7 Å². The molecule has 0 N–H and O–H groups in total. The average Bonchev–Trinajstić information content (AvgIpc) is 3.15. The summed E-state index contributed by atoms with van der Waals surface area (Å²) in [6, 6.07) is 8.22. The summed E-state index contributed by atoms with van der Waals surface area (Å²) in [4.78, 5) is 0. The number of ether oxygens (including phenoxy) is 1. The second-order valence-electron chi connectivity index (χ2n) is 6.31. The maximum atomic E-state index is 6.41. The molecular formula is C17H20ClNO. The first-order valence-corrected chi connectivity index (χ1v) is 8.05. The molecule has 2 fully saturated rings. The van der Waals surface area contributed by atoms with Crippen LogP contribution in [0.3, 0.4) is 0 Å². The van der Waals surface area contributed by atoms with Crippen molar-refractivity contribution in [2.45, 2.75) is 56.8 Å². The van der Waals surface area contributed by atoms with Crippen molar-refractivity contribution >= 4 is 22.5 Å². The van der Waals surface area contributed by atoms with Crippen molar-refractivity contribution < 1.29 is 4.74 Å². The maximum absolute atomic E-state index is 6.41. The molecule has 1 spiro atoms. The van der Waals surface area contributed by atoms with Crippen molar-refractivity contribution in [3.63, 3.8) is 0 Å². The highest BCUT2D eigenvalue weighted by Crippen LogP contribution is 2.43. The van der Waals surface area contributed by atoms with Gasteiger partial charge < -0.3 is 9.30 Å². The van der Waals surface area contributed by atoms with Gasteiger partial charge in [-0.05, 0) is 43.9 Å². The summed E-state index contributed by atoms with van der Waals surface area (Å²) in [5.41, 5.74) is 1.44. The summed E-state index contributed by atoms with van der Waals surface area (Å²) >= 11 is 6.24. The van der Waals surface area contributed by atoms with Gasteiger partial charge in [-0.2, -0.15) is 0 Å². The highest BCUT2D eigenvalue weighted by Gasteiger charge is 2.42. The molecule has 1 unspecified atom stereocenters. The number of hydrogen-bond acceptors (Lipinski definition) is 1. The van der Waals surface area contributed by atoms with E-state index in [9.17, 15) is 0 Å². The van der Waals surface area contributed by atoms with Crippen LogP contribution in [0.15, 0.2) is 30.5 Å². The predicted octanol–water partition coefficient (Wildman–Crippen LogP) is 4.79. The molecule has 2 aliphatic rings. The first-order chi connectivity index (χ1) is 9.76. The summed E-state index contributed by atoms with van der Waals surface area (Å²) in [7, 11) is 0. The fourth-order valence-electron chi connectivity index (χ4n) is 3.98. The Balaban J connectivity index is 1.55. The van der Waals surface area contributed by atoms with E-state index in [0.717, 1.165) is 17.0 Å². The van der Waals surface area contributed by atoms with E-state index in [2.05, 4.69) is 22.9 Å². The van der Waals surface area contributed by atoms with Gasteiger partial charge in [0, 0.05) is 28.7 Å². The molecule has 1 aliphatic heterocycles. The average molecular weight is 290 g/mol. The van der Waals surface area contributed by atoms with Gasteiger partial charge in [-0.1, -0.05) is 30.5 Å². The lowest BCUT2D eigenvalue weighted by molar-refractivity contribution is -0.0414. The van der Waals surface area contributed by atoms with Crippen molar-refractivity contribution in [3.8, 4) is 0 Å². The van der Waals surface area contributed by atoms with Gasteiger partial charge in [0.1, 0.15) is 0 Å². The van der Waals surface area contributed by atoms with Crippen LogP contribution in [0.1, 0.15) is 38.5 Å². The van der Waals surface area contributed by atoms with E-state index in [0.29, 0.717) is 6.10 Å². The van der Waals surface area contributed by atoms with Crippen molar-refractivity contribution in [3.05, 3.63) is 35.5 Å². The molecule has 106 valence electrons. The molecule has 0 bridgehead atoms. The van der Waals surface area contributed by atoms with E-state index >= 15 is 0 Å². The van der Waals surface area contributed by atoms with Gasteiger partial charge in [-0.25, -0.2) is 0 Å². The lowest BCUT2D eigenvalue weighted by Crippen LogP contribution is -2.26. The highest BCUT2D eigenvalue weighted by molar-refractivity contribution is 6.35. The predicted molar refractivity (Wildman–Crippen MR) is 82.3 cm³/mol. The summed E-state index contributed by atoms with van der Waals surface area (Å²) in [5, 5.41) is 1.98. The van der Waals surface area contributed by atoms with Crippen molar-refractivity contribution in [1.82, 2.24) is 4.57 Å². The monoisotopic (exact) mass is 289 g/mol. The molecule has 4 rings (SSSR count). The van der Waals surface area contributed by atoms with Crippen LogP contribution in [0, 0.1) is 0 Å². The Kier molecular flexibility index (Phi) is 3.04. The zero-order chi connectivity index (χ0) is 13.6. The Bertz CT molecular complexity index is 627. The Morgan fingerprint density at radius 1 is 1.20 bits per heavy atom. The van der Waals surface area contributed by atoms with Crippen LogP contribution in [-0.4, -0.2) is 16.3 Å². The minimum atomic E-state index is 0.227. The molecule has 1 aromatic heterocycles. The number of benzene rings is 1. The van der Waals surface area contributed by atoms with Gasteiger partial charge in [0.15, 0.2) is 0 Å². The topological polar surface area (TPSA) is 14.2 Å². The smallest absolute Gasteiger partial charge is 0.0762 e. The minimum Gasteiger partial charge on any atom is -0.370 e. The lowest BCUT2D eigenvalue weighted by Gasteiger charge is -2.24. The number of nitrogens with zero attached hydrogens (tertiary/aromatic N) is 1. The van der Waals surface area contributed by atoms with Gasteiger partial charge >= 0.3 is 0 Å². The van der Waals surface area contributed by atoms with E-state index in [-0.39, 0.29) is 5.60 Å². The van der Waals surface area contributed by atoms with E-state index in [1.165, 1.54) is 44.0 Å². The van der Waals surface area contributed by atoms with Gasteiger partial charge in [-0.3, -0.25) is 0 Å². The summed E-state index contributed by atoms with van der Waals surface area (Å²) in [5.74, 6) is 0. The van der Waals surface area contributed by atoms with E-state index in [1.54, 1.807) is 0 Å². The van der Waals surface area contributed by atoms with Crippen LogP contribution < -0.4 is 0 Å². The first-order valence-electron chi connectivity index (χ1n) is 7.67. The highest BCUT2D eigenvalue weighted by atomic mass is 35.5. The Hall–Kier alpha value is -0.990. The molecule has 2 aromatic rings. The fraction of sp³-hybridized carbons (Fsp3) is 0.529. The van der Waals surface area contributed by atoms with Gasteiger partial charge in [0.25, 0.3) is 0 Å². The summed E-state index contributed by atoms with van der Waals surface area (Å²) in [6.07, 6.45) is 10.2. The van der Waals surface area contributed by atoms with E-state index in [1.807, 2.05) is 12.1 Å². The quantitative estimate of drug-likeness (QED) is 0.775. The van der Waals surface area contributed by atoms with Crippen LogP contribution in [0.5, 0.6) is 0 Å². The SMILES string of the molecule is Clc1cccc2c1ccn2CC1CCC2(CCCC2)O1. The molecule has 1 aromatic carbocycles. The van der Waals surface area contributed by atoms with Crippen LogP contribution in [0.2, 0.25) is 5.02 Å². The second-order valence-corrected chi connectivity index (χ2v) is 6.72. The molecule has 1 atom stereocenters. The molecule has 0 amide bonds. The molecular weight excluding hydrogens is 270 g/mol. The molecule has 2 heterocycles. The van der Waals surface area contributed by atoms with Crippen LogP contribution in [0.4, 0.5) is 0 Å². The van der Waals surface area contributed by atoms with Crippen LogP contribution in [0.25, 0.3) is 10.9 Å². The largest absolute Gasteiger partial charge is 0.370 e. The zero-order valence-electron chi connectivity index (χ0n) is 11.6.